The lowest BCUT2D eigenvalue weighted by molar-refractivity contribution is 0.254. The van der Waals surface area contributed by atoms with Crippen LogP contribution in [0, 0.1) is 0 Å². The summed E-state index contributed by atoms with van der Waals surface area (Å²) in [6.45, 7) is 6.45. The monoisotopic (exact) mass is 277 g/mol. The molecule has 1 aliphatic heterocycles. The Morgan fingerprint density at radius 2 is 2.30 bits per heavy atom. The Bertz CT molecular complexity index is 410. The SMILES string of the molecule is CCNC(C)c1cccnc1N1CCCCCC1CO. The van der Waals surface area contributed by atoms with Crippen molar-refractivity contribution >= 4 is 5.82 Å². The molecule has 0 bridgehead atoms. The predicted molar refractivity (Wildman–Crippen MR) is 83.0 cm³/mol. The molecule has 20 heavy (non-hydrogen) atoms. The third-order valence-electron chi connectivity index (χ3n) is 4.15. The van der Waals surface area contributed by atoms with E-state index in [0.717, 1.165) is 25.3 Å². The minimum Gasteiger partial charge on any atom is -0.394 e. The first-order chi connectivity index (χ1) is 9.77. The van der Waals surface area contributed by atoms with Gasteiger partial charge in [0.05, 0.1) is 12.6 Å². The summed E-state index contributed by atoms with van der Waals surface area (Å²) < 4.78 is 0. The highest BCUT2D eigenvalue weighted by atomic mass is 16.3. The van der Waals surface area contributed by atoms with E-state index in [9.17, 15) is 5.11 Å². The maximum Gasteiger partial charge on any atom is 0.133 e. The van der Waals surface area contributed by atoms with Crippen LogP contribution in [0.3, 0.4) is 0 Å². The van der Waals surface area contributed by atoms with E-state index in [1.165, 1.54) is 24.8 Å². The zero-order valence-electron chi connectivity index (χ0n) is 12.7. The molecule has 0 aromatic carbocycles. The Kier molecular flexibility index (Phi) is 5.80. The van der Waals surface area contributed by atoms with Crippen LogP contribution in [0.4, 0.5) is 5.82 Å². The first kappa shape index (κ1) is 15.3. The molecule has 1 aromatic heterocycles. The van der Waals surface area contributed by atoms with Crippen molar-refractivity contribution < 1.29 is 5.11 Å². The number of nitrogens with zero attached hydrogens (tertiary/aromatic N) is 2. The van der Waals surface area contributed by atoms with E-state index in [1.807, 2.05) is 12.3 Å². The van der Waals surface area contributed by atoms with Gasteiger partial charge < -0.3 is 15.3 Å². The normalized spacial score (nSPS) is 21.6. The second-order valence-corrected chi connectivity index (χ2v) is 5.57. The van der Waals surface area contributed by atoms with Crippen LogP contribution in [0.25, 0.3) is 0 Å². The highest BCUT2D eigenvalue weighted by molar-refractivity contribution is 5.49. The van der Waals surface area contributed by atoms with E-state index < -0.39 is 0 Å². The Labute approximate surface area is 122 Å². The van der Waals surface area contributed by atoms with E-state index in [4.69, 9.17) is 0 Å². The van der Waals surface area contributed by atoms with Gasteiger partial charge in [0, 0.05) is 24.3 Å². The van der Waals surface area contributed by atoms with Crippen LogP contribution in [-0.4, -0.2) is 35.8 Å². The molecule has 2 rings (SSSR count). The maximum atomic E-state index is 9.70. The van der Waals surface area contributed by atoms with Gasteiger partial charge in [0.2, 0.25) is 0 Å². The van der Waals surface area contributed by atoms with Crippen molar-refractivity contribution in [3.05, 3.63) is 23.9 Å². The number of aliphatic hydroxyl groups excluding tert-OH is 1. The van der Waals surface area contributed by atoms with E-state index >= 15 is 0 Å². The van der Waals surface area contributed by atoms with Gasteiger partial charge in [-0.1, -0.05) is 25.8 Å². The molecule has 0 amide bonds. The molecule has 4 nitrogen and oxygen atoms in total. The molecule has 0 radical (unpaired) electrons. The fraction of sp³-hybridized carbons (Fsp3) is 0.688. The summed E-state index contributed by atoms with van der Waals surface area (Å²) in [5.41, 5.74) is 1.23. The number of pyridine rings is 1. The van der Waals surface area contributed by atoms with Crippen LogP contribution in [0.15, 0.2) is 18.3 Å². The summed E-state index contributed by atoms with van der Waals surface area (Å²) in [5, 5.41) is 13.2. The lowest BCUT2D eigenvalue weighted by Crippen LogP contribution is -2.39. The lowest BCUT2D eigenvalue weighted by Gasteiger charge is -2.32. The quantitative estimate of drug-likeness (QED) is 0.868. The molecule has 1 aromatic rings. The number of anilines is 1. The molecule has 0 aliphatic carbocycles. The van der Waals surface area contributed by atoms with Crippen LogP contribution in [0.2, 0.25) is 0 Å². The van der Waals surface area contributed by atoms with Crippen LogP contribution in [0.5, 0.6) is 0 Å². The van der Waals surface area contributed by atoms with Gasteiger partial charge in [0.25, 0.3) is 0 Å². The second-order valence-electron chi connectivity index (χ2n) is 5.57. The van der Waals surface area contributed by atoms with E-state index in [0.29, 0.717) is 0 Å². The first-order valence-electron chi connectivity index (χ1n) is 7.83. The zero-order chi connectivity index (χ0) is 14.4. The topological polar surface area (TPSA) is 48.4 Å². The molecule has 2 N–H and O–H groups in total. The van der Waals surface area contributed by atoms with Crippen molar-refractivity contribution in [1.82, 2.24) is 10.3 Å². The molecule has 2 atom stereocenters. The van der Waals surface area contributed by atoms with Gasteiger partial charge >= 0.3 is 0 Å². The van der Waals surface area contributed by atoms with E-state index in [2.05, 4.69) is 35.1 Å². The lowest BCUT2D eigenvalue weighted by atomic mass is 10.1. The number of hydrogen-bond acceptors (Lipinski definition) is 4. The minimum atomic E-state index is 0.208. The van der Waals surface area contributed by atoms with Crippen molar-refractivity contribution in [3.8, 4) is 0 Å². The van der Waals surface area contributed by atoms with Crippen molar-refractivity contribution in [1.29, 1.82) is 0 Å². The Morgan fingerprint density at radius 3 is 3.05 bits per heavy atom. The first-order valence-corrected chi connectivity index (χ1v) is 7.83. The summed E-state index contributed by atoms with van der Waals surface area (Å²) in [7, 11) is 0. The van der Waals surface area contributed by atoms with Crippen molar-refractivity contribution in [2.45, 2.75) is 51.6 Å². The van der Waals surface area contributed by atoms with Crippen LogP contribution in [-0.2, 0) is 0 Å². The van der Waals surface area contributed by atoms with Gasteiger partial charge in [-0.25, -0.2) is 4.98 Å². The Balaban J connectivity index is 2.29. The summed E-state index contributed by atoms with van der Waals surface area (Å²) in [6.07, 6.45) is 6.55. The summed E-state index contributed by atoms with van der Waals surface area (Å²) in [4.78, 5) is 6.94. The van der Waals surface area contributed by atoms with Gasteiger partial charge in [-0.3, -0.25) is 0 Å². The third kappa shape index (κ3) is 3.49. The second kappa shape index (κ2) is 7.60. The number of rotatable bonds is 5. The van der Waals surface area contributed by atoms with Crippen molar-refractivity contribution in [3.63, 3.8) is 0 Å². The van der Waals surface area contributed by atoms with Gasteiger partial charge in [-0.05, 0) is 32.4 Å². The number of hydrogen-bond donors (Lipinski definition) is 2. The molecule has 2 unspecified atom stereocenters. The number of aromatic nitrogens is 1. The Hall–Kier alpha value is -1.13. The molecule has 112 valence electrons. The van der Waals surface area contributed by atoms with Gasteiger partial charge in [-0.2, -0.15) is 0 Å². The zero-order valence-corrected chi connectivity index (χ0v) is 12.7. The molecule has 1 fully saturated rings. The van der Waals surface area contributed by atoms with Gasteiger partial charge in [-0.15, -0.1) is 0 Å². The van der Waals surface area contributed by atoms with Gasteiger partial charge in [0.1, 0.15) is 5.82 Å². The third-order valence-corrected chi connectivity index (χ3v) is 4.15. The minimum absolute atomic E-state index is 0.208. The molecule has 2 heterocycles. The molecule has 4 heteroatoms. The molecule has 0 spiro atoms. The predicted octanol–water partition coefficient (Wildman–Crippen LogP) is 2.49. The number of nitrogens with one attached hydrogen (secondary N) is 1. The van der Waals surface area contributed by atoms with Crippen LogP contribution < -0.4 is 10.2 Å². The van der Waals surface area contributed by atoms with Crippen molar-refractivity contribution in [2.24, 2.45) is 0 Å². The average molecular weight is 277 g/mol. The van der Waals surface area contributed by atoms with Gasteiger partial charge in [0.15, 0.2) is 0 Å². The van der Waals surface area contributed by atoms with Crippen molar-refractivity contribution in [2.75, 3.05) is 24.6 Å². The highest BCUT2D eigenvalue weighted by Crippen LogP contribution is 2.28. The molecule has 0 saturated carbocycles. The smallest absolute Gasteiger partial charge is 0.133 e. The molecular weight excluding hydrogens is 250 g/mol. The van der Waals surface area contributed by atoms with E-state index in [-0.39, 0.29) is 18.7 Å². The fourth-order valence-electron chi connectivity index (χ4n) is 3.05. The highest BCUT2D eigenvalue weighted by Gasteiger charge is 2.24. The molecular formula is C16H27N3O. The number of aliphatic hydroxyl groups is 1. The van der Waals surface area contributed by atoms with Crippen LogP contribution in [0.1, 0.15) is 51.1 Å². The maximum absolute atomic E-state index is 9.70. The summed E-state index contributed by atoms with van der Waals surface area (Å²) in [5.74, 6) is 1.04. The fourth-order valence-corrected chi connectivity index (χ4v) is 3.05. The standard InChI is InChI=1S/C16H27N3O/c1-3-17-13(2)15-9-7-10-18-16(15)19-11-6-4-5-8-14(19)12-20/h7,9-10,13-14,17,20H,3-6,8,11-12H2,1-2H3. The summed E-state index contributed by atoms with van der Waals surface area (Å²) in [6, 6.07) is 4.64. The molecule has 1 saturated heterocycles. The van der Waals surface area contributed by atoms with E-state index in [1.54, 1.807) is 0 Å². The largest absolute Gasteiger partial charge is 0.394 e. The average Bonchev–Trinajstić information content (AvgIpc) is 2.72. The molecule has 1 aliphatic rings. The van der Waals surface area contributed by atoms with Crippen LogP contribution >= 0.6 is 0 Å². The Morgan fingerprint density at radius 1 is 1.45 bits per heavy atom. The summed E-state index contributed by atoms with van der Waals surface area (Å²) >= 11 is 0.